The van der Waals surface area contributed by atoms with E-state index in [0.29, 0.717) is 10.7 Å². The Hall–Kier alpha value is -2.33. The van der Waals surface area contributed by atoms with E-state index in [9.17, 15) is 4.79 Å². The number of hydrogen-bond donors (Lipinski definition) is 1. The Labute approximate surface area is 134 Å². The van der Waals surface area contributed by atoms with E-state index < -0.39 is 6.10 Å². The minimum absolute atomic E-state index is 0.274. The number of nitrogens with one attached hydrogen (secondary N) is 1. The van der Waals surface area contributed by atoms with Gasteiger partial charge < -0.3 is 10.2 Å². The predicted octanol–water partition coefficient (Wildman–Crippen LogP) is 4.03. The van der Waals surface area contributed by atoms with Crippen molar-refractivity contribution in [3.05, 3.63) is 64.7 Å². The van der Waals surface area contributed by atoms with Gasteiger partial charge in [-0.2, -0.15) is 0 Å². The monoisotopic (exact) mass is 316 g/mol. The number of amides is 1. The topological polar surface area (TPSA) is 50.7 Å². The van der Waals surface area contributed by atoms with Crippen LogP contribution in [0.3, 0.4) is 0 Å². The first-order chi connectivity index (χ1) is 10.6. The maximum atomic E-state index is 12.0. The van der Waals surface area contributed by atoms with Crippen LogP contribution in [0.1, 0.15) is 18.1 Å². The molecule has 2 aromatic carbocycles. The highest BCUT2D eigenvalue weighted by Gasteiger charge is 2.14. The summed E-state index contributed by atoms with van der Waals surface area (Å²) in [5, 5.41) is 7.22. The molecule has 4 nitrogen and oxygen atoms in total. The van der Waals surface area contributed by atoms with Gasteiger partial charge in [-0.25, -0.2) is 0 Å². The van der Waals surface area contributed by atoms with Gasteiger partial charge in [0, 0.05) is 10.7 Å². The van der Waals surface area contributed by atoms with Gasteiger partial charge in [0.2, 0.25) is 6.10 Å². The number of anilines is 1. The summed E-state index contributed by atoms with van der Waals surface area (Å²) >= 11 is 5.79. The third kappa shape index (κ3) is 4.60. The van der Waals surface area contributed by atoms with Crippen LogP contribution in [0.25, 0.3) is 0 Å². The summed E-state index contributed by atoms with van der Waals surface area (Å²) in [6.45, 7) is 3.62. The Kier molecular flexibility index (Phi) is 5.55. The molecule has 2 rings (SSSR count). The molecule has 5 heteroatoms. The molecule has 114 valence electrons. The molecule has 0 bridgehead atoms. The van der Waals surface area contributed by atoms with Gasteiger partial charge in [0.15, 0.2) is 0 Å². The zero-order valence-electron chi connectivity index (χ0n) is 12.4. The number of oxime groups is 1. The Morgan fingerprint density at radius 1 is 1.23 bits per heavy atom. The van der Waals surface area contributed by atoms with Crippen LogP contribution < -0.4 is 5.32 Å². The molecule has 0 unspecified atom stereocenters. The fourth-order valence-electron chi connectivity index (χ4n) is 1.74. The first-order valence-electron chi connectivity index (χ1n) is 6.87. The lowest BCUT2D eigenvalue weighted by molar-refractivity contribution is -0.126. The summed E-state index contributed by atoms with van der Waals surface area (Å²) < 4.78 is 0. The van der Waals surface area contributed by atoms with Crippen molar-refractivity contribution in [1.82, 2.24) is 0 Å². The third-order valence-corrected chi connectivity index (χ3v) is 3.33. The Bertz CT molecular complexity index is 669. The van der Waals surface area contributed by atoms with E-state index in [1.54, 1.807) is 37.4 Å². The fourth-order valence-corrected chi connectivity index (χ4v) is 1.86. The van der Waals surface area contributed by atoms with E-state index in [1.807, 2.05) is 31.2 Å². The van der Waals surface area contributed by atoms with Gasteiger partial charge in [-0.15, -0.1) is 0 Å². The molecule has 0 aliphatic heterocycles. The van der Waals surface area contributed by atoms with E-state index >= 15 is 0 Å². The quantitative estimate of drug-likeness (QED) is 0.669. The van der Waals surface area contributed by atoms with Crippen LogP contribution in [-0.2, 0) is 9.63 Å². The van der Waals surface area contributed by atoms with Gasteiger partial charge >= 0.3 is 0 Å². The lowest BCUT2D eigenvalue weighted by Gasteiger charge is -2.10. The Balaban J connectivity index is 1.89. The van der Waals surface area contributed by atoms with Crippen molar-refractivity contribution in [3.63, 3.8) is 0 Å². The van der Waals surface area contributed by atoms with E-state index in [4.69, 9.17) is 16.4 Å². The molecule has 0 aliphatic carbocycles. The average molecular weight is 317 g/mol. The van der Waals surface area contributed by atoms with Crippen LogP contribution in [0.4, 0.5) is 5.69 Å². The molecule has 0 fully saturated rings. The number of carbonyl (C=O) groups excluding carboxylic acids is 1. The van der Waals surface area contributed by atoms with Crippen molar-refractivity contribution in [1.29, 1.82) is 0 Å². The molecule has 0 saturated carbocycles. The molecule has 0 saturated heterocycles. The summed E-state index contributed by atoms with van der Waals surface area (Å²) in [6, 6.07) is 14.7. The van der Waals surface area contributed by atoms with E-state index in [0.717, 1.165) is 11.1 Å². The zero-order chi connectivity index (χ0) is 15.9. The van der Waals surface area contributed by atoms with E-state index in [2.05, 4.69) is 10.5 Å². The van der Waals surface area contributed by atoms with E-state index in [1.165, 1.54) is 0 Å². The molecule has 0 aromatic heterocycles. The largest absolute Gasteiger partial charge is 0.383 e. The lowest BCUT2D eigenvalue weighted by atomic mass is 10.1. The smallest absolute Gasteiger partial charge is 0.267 e. The minimum atomic E-state index is -0.698. The summed E-state index contributed by atoms with van der Waals surface area (Å²) in [6.07, 6.45) is 0.900. The molecule has 1 atom stereocenters. The van der Waals surface area contributed by atoms with Crippen molar-refractivity contribution in [2.24, 2.45) is 5.16 Å². The predicted molar refractivity (Wildman–Crippen MR) is 89.4 cm³/mol. The molecular formula is C17H17ClN2O2. The minimum Gasteiger partial charge on any atom is -0.383 e. The van der Waals surface area contributed by atoms with Crippen molar-refractivity contribution in [3.8, 4) is 0 Å². The van der Waals surface area contributed by atoms with Crippen molar-refractivity contribution in [2.45, 2.75) is 20.0 Å². The summed E-state index contributed by atoms with van der Waals surface area (Å²) in [7, 11) is 0. The molecule has 0 spiro atoms. The highest BCUT2D eigenvalue weighted by atomic mass is 35.5. The number of rotatable bonds is 5. The first-order valence-corrected chi connectivity index (χ1v) is 7.25. The van der Waals surface area contributed by atoms with Crippen molar-refractivity contribution in [2.75, 3.05) is 5.32 Å². The number of hydrogen-bond acceptors (Lipinski definition) is 3. The maximum Gasteiger partial charge on any atom is 0.267 e. The zero-order valence-corrected chi connectivity index (χ0v) is 13.2. The number of nitrogens with zero attached hydrogens (tertiary/aromatic N) is 1. The van der Waals surface area contributed by atoms with Gasteiger partial charge in [0.25, 0.3) is 5.91 Å². The molecule has 0 radical (unpaired) electrons. The number of benzene rings is 2. The maximum absolute atomic E-state index is 12.0. The second-order valence-corrected chi connectivity index (χ2v) is 5.27. The van der Waals surface area contributed by atoms with Crippen LogP contribution >= 0.6 is 11.6 Å². The summed E-state index contributed by atoms with van der Waals surface area (Å²) in [5.41, 5.74) is 2.70. The molecule has 0 heterocycles. The van der Waals surface area contributed by atoms with Gasteiger partial charge in [0.1, 0.15) is 0 Å². The van der Waals surface area contributed by atoms with Crippen LogP contribution in [0, 0.1) is 6.92 Å². The average Bonchev–Trinajstić information content (AvgIpc) is 2.51. The summed E-state index contributed by atoms with van der Waals surface area (Å²) in [4.78, 5) is 17.2. The summed E-state index contributed by atoms with van der Waals surface area (Å²) in [5.74, 6) is -0.274. The van der Waals surface area contributed by atoms with Crippen LogP contribution in [0.2, 0.25) is 5.02 Å². The number of aryl methyl sites for hydroxylation is 1. The van der Waals surface area contributed by atoms with Crippen LogP contribution in [-0.4, -0.2) is 18.2 Å². The van der Waals surface area contributed by atoms with Crippen molar-refractivity contribution < 1.29 is 9.63 Å². The second kappa shape index (κ2) is 7.61. The first kappa shape index (κ1) is 16.0. The van der Waals surface area contributed by atoms with E-state index in [-0.39, 0.29) is 5.91 Å². The third-order valence-electron chi connectivity index (χ3n) is 3.08. The molecule has 1 amide bonds. The van der Waals surface area contributed by atoms with Gasteiger partial charge in [-0.1, -0.05) is 41.0 Å². The fraction of sp³-hybridized carbons (Fsp3) is 0.176. The number of carbonyl (C=O) groups is 1. The lowest BCUT2D eigenvalue weighted by Crippen LogP contribution is -2.26. The number of halogens is 1. The molecule has 1 N–H and O–H groups in total. The van der Waals surface area contributed by atoms with Gasteiger partial charge in [0.05, 0.1) is 6.21 Å². The Morgan fingerprint density at radius 3 is 2.59 bits per heavy atom. The highest BCUT2D eigenvalue weighted by molar-refractivity contribution is 6.30. The molecule has 0 aliphatic rings. The standard InChI is InChI=1S/C17H17ClN2O2/c1-12-5-3-4-6-14(12)11-19-22-13(2)17(21)20-16-9-7-15(18)8-10-16/h3-11,13H,1-2H3,(H,20,21)/b19-11-/t13-/m1/s1. The normalized spacial score (nSPS) is 12.1. The van der Waals surface area contributed by atoms with Crippen molar-refractivity contribution >= 4 is 29.4 Å². The van der Waals surface area contributed by atoms with Gasteiger partial charge in [-0.3, -0.25) is 4.79 Å². The molecule has 2 aromatic rings. The SMILES string of the molecule is Cc1ccccc1/C=N\O[C@H](C)C(=O)Nc1ccc(Cl)cc1. The second-order valence-electron chi connectivity index (χ2n) is 4.83. The van der Waals surface area contributed by atoms with Gasteiger partial charge in [-0.05, 0) is 49.2 Å². The van der Waals surface area contributed by atoms with Crippen LogP contribution in [0.5, 0.6) is 0 Å². The van der Waals surface area contributed by atoms with Crippen LogP contribution in [0.15, 0.2) is 53.7 Å². The molecular weight excluding hydrogens is 300 g/mol. The Morgan fingerprint density at radius 2 is 1.91 bits per heavy atom. The molecule has 22 heavy (non-hydrogen) atoms. The highest BCUT2D eigenvalue weighted by Crippen LogP contribution is 2.14.